The number of benzene rings is 4. The summed E-state index contributed by atoms with van der Waals surface area (Å²) in [4.78, 5) is 15.1. The summed E-state index contributed by atoms with van der Waals surface area (Å²) in [6, 6.07) is 34.4. The van der Waals surface area contributed by atoms with Crippen LogP contribution < -0.4 is 5.32 Å². The van der Waals surface area contributed by atoms with Crippen molar-refractivity contribution in [2.24, 2.45) is 0 Å². The number of anilines is 1. The van der Waals surface area contributed by atoms with E-state index in [-0.39, 0.29) is 6.03 Å². The lowest BCUT2D eigenvalue weighted by molar-refractivity contribution is 0.210. The summed E-state index contributed by atoms with van der Waals surface area (Å²) >= 11 is 0. The standard InChI is InChI=1S/C26H24N2O/c29-26(27-25-17-9-15-23-14-7-8-16-24(23)25)28(20-22-12-5-2-6-13-22)19-18-21-10-3-1-4-11-21/h1-17H,18-20H2,(H,27,29). The minimum absolute atomic E-state index is 0.0823. The number of nitrogens with one attached hydrogen (secondary N) is 1. The molecule has 4 rings (SSSR count). The van der Waals surface area contributed by atoms with Crippen LogP contribution in [0, 0.1) is 0 Å². The van der Waals surface area contributed by atoms with E-state index in [9.17, 15) is 4.79 Å². The van der Waals surface area contributed by atoms with Crippen LogP contribution in [0.4, 0.5) is 10.5 Å². The molecule has 0 fully saturated rings. The number of hydrogen-bond acceptors (Lipinski definition) is 1. The van der Waals surface area contributed by atoms with E-state index < -0.39 is 0 Å². The Hall–Kier alpha value is -3.59. The molecule has 0 heterocycles. The fraction of sp³-hybridized carbons (Fsp3) is 0.115. The molecule has 0 bridgehead atoms. The topological polar surface area (TPSA) is 32.3 Å². The Labute approximate surface area is 171 Å². The van der Waals surface area contributed by atoms with Crippen LogP contribution in [0.5, 0.6) is 0 Å². The van der Waals surface area contributed by atoms with Gasteiger partial charge in [-0.15, -0.1) is 0 Å². The molecule has 3 heteroatoms. The minimum atomic E-state index is -0.0823. The quantitative estimate of drug-likeness (QED) is 0.430. The number of nitrogens with zero attached hydrogens (tertiary/aromatic N) is 1. The van der Waals surface area contributed by atoms with Gasteiger partial charge in [0.1, 0.15) is 0 Å². The predicted molar refractivity (Wildman–Crippen MR) is 120 cm³/mol. The van der Waals surface area contributed by atoms with Gasteiger partial charge in [0.05, 0.1) is 5.69 Å². The number of rotatable bonds is 6. The van der Waals surface area contributed by atoms with E-state index in [1.54, 1.807) is 0 Å². The van der Waals surface area contributed by atoms with E-state index in [4.69, 9.17) is 0 Å². The zero-order valence-electron chi connectivity index (χ0n) is 16.3. The summed E-state index contributed by atoms with van der Waals surface area (Å²) in [6.45, 7) is 1.22. The molecule has 144 valence electrons. The molecule has 0 aromatic heterocycles. The molecule has 3 nitrogen and oxygen atoms in total. The van der Waals surface area contributed by atoms with Crippen LogP contribution in [-0.4, -0.2) is 17.5 Å². The van der Waals surface area contributed by atoms with Crippen molar-refractivity contribution < 1.29 is 4.79 Å². The molecule has 0 aliphatic heterocycles. The number of amides is 2. The predicted octanol–water partition coefficient (Wildman–Crippen LogP) is 6.12. The maximum absolute atomic E-state index is 13.2. The normalized spacial score (nSPS) is 10.6. The second kappa shape index (κ2) is 9.07. The molecule has 4 aromatic carbocycles. The third-order valence-corrected chi connectivity index (χ3v) is 5.05. The summed E-state index contributed by atoms with van der Waals surface area (Å²) in [5, 5.41) is 5.29. The Balaban J connectivity index is 1.54. The van der Waals surface area contributed by atoms with E-state index in [1.165, 1.54) is 5.56 Å². The van der Waals surface area contributed by atoms with Gasteiger partial charge in [-0.2, -0.15) is 0 Å². The molecule has 29 heavy (non-hydrogen) atoms. The van der Waals surface area contributed by atoms with Gasteiger partial charge in [-0.1, -0.05) is 97.1 Å². The molecule has 4 aromatic rings. The lowest BCUT2D eigenvalue weighted by Gasteiger charge is -2.24. The summed E-state index contributed by atoms with van der Waals surface area (Å²) in [6.07, 6.45) is 0.816. The second-order valence-corrected chi connectivity index (χ2v) is 7.10. The monoisotopic (exact) mass is 380 g/mol. The molecule has 0 saturated heterocycles. The van der Waals surface area contributed by atoms with Gasteiger partial charge in [-0.3, -0.25) is 0 Å². The van der Waals surface area contributed by atoms with Crippen molar-refractivity contribution >= 4 is 22.5 Å². The van der Waals surface area contributed by atoms with Crippen LogP contribution in [0.3, 0.4) is 0 Å². The van der Waals surface area contributed by atoms with Crippen molar-refractivity contribution in [3.63, 3.8) is 0 Å². The van der Waals surface area contributed by atoms with Crippen LogP contribution >= 0.6 is 0 Å². The highest BCUT2D eigenvalue weighted by Gasteiger charge is 2.15. The van der Waals surface area contributed by atoms with Crippen LogP contribution in [0.1, 0.15) is 11.1 Å². The molecular formula is C26H24N2O. The Morgan fingerprint density at radius 1 is 0.690 bits per heavy atom. The Kier molecular flexibility index (Phi) is 5.87. The fourth-order valence-corrected chi connectivity index (χ4v) is 3.49. The van der Waals surface area contributed by atoms with Crippen molar-refractivity contribution in [3.8, 4) is 0 Å². The first-order chi connectivity index (χ1) is 14.3. The SMILES string of the molecule is O=C(Nc1cccc2ccccc12)N(CCc1ccccc1)Cc1ccccc1. The second-order valence-electron chi connectivity index (χ2n) is 7.10. The molecule has 0 spiro atoms. The van der Waals surface area contributed by atoms with Crippen LogP contribution in [-0.2, 0) is 13.0 Å². The van der Waals surface area contributed by atoms with E-state index in [2.05, 4.69) is 41.7 Å². The number of urea groups is 1. The van der Waals surface area contributed by atoms with Crippen molar-refractivity contribution in [2.45, 2.75) is 13.0 Å². The van der Waals surface area contributed by atoms with Gasteiger partial charge in [0.25, 0.3) is 0 Å². The van der Waals surface area contributed by atoms with Crippen molar-refractivity contribution in [2.75, 3.05) is 11.9 Å². The van der Waals surface area contributed by atoms with Gasteiger partial charge in [-0.05, 0) is 29.0 Å². The van der Waals surface area contributed by atoms with Gasteiger partial charge in [0.2, 0.25) is 0 Å². The Morgan fingerprint density at radius 3 is 2.07 bits per heavy atom. The molecule has 0 unspecified atom stereocenters. The Bertz CT molecular complexity index is 1070. The highest BCUT2D eigenvalue weighted by atomic mass is 16.2. The zero-order valence-corrected chi connectivity index (χ0v) is 16.3. The molecular weight excluding hydrogens is 356 g/mol. The number of fused-ring (bicyclic) bond motifs is 1. The number of carbonyl (C=O) groups excluding carboxylic acids is 1. The third kappa shape index (κ3) is 4.82. The maximum Gasteiger partial charge on any atom is 0.322 e. The lowest BCUT2D eigenvalue weighted by Crippen LogP contribution is -2.36. The van der Waals surface area contributed by atoms with E-state index >= 15 is 0 Å². The van der Waals surface area contributed by atoms with E-state index in [0.717, 1.165) is 28.4 Å². The summed E-state index contributed by atoms with van der Waals surface area (Å²) < 4.78 is 0. The van der Waals surface area contributed by atoms with Crippen molar-refractivity contribution in [1.29, 1.82) is 0 Å². The number of carbonyl (C=O) groups is 1. The molecule has 0 atom stereocenters. The first-order valence-electron chi connectivity index (χ1n) is 9.91. The molecule has 0 aliphatic rings. The van der Waals surface area contributed by atoms with Crippen LogP contribution in [0.25, 0.3) is 10.8 Å². The first kappa shape index (κ1) is 18.8. The molecule has 0 radical (unpaired) electrons. The molecule has 2 amide bonds. The minimum Gasteiger partial charge on any atom is -0.320 e. The molecule has 0 saturated carbocycles. The van der Waals surface area contributed by atoms with Gasteiger partial charge in [0, 0.05) is 18.5 Å². The van der Waals surface area contributed by atoms with Crippen LogP contribution in [0.2, 0.25) is 0 Å². The average molecular weight is 380 g/mol. The van der Waals surface area contributed by atoms with Gasteiger partial charge >= 0.3 is 6.03 Å². The first-order valence-corrected chi connectivity index (χ1v) is 9.91. The summed E-state index contributed by atoms with van der Waals surface area (Å²) in [7, 11) is 0. The molecule has 0 aliphatic carbocycles. The zero-order chi connectivity index (χ0) is 19.9. The van der Waals surface area contributed by atoms with Crippen molar-refractivity contribution in [1.82, 2.24) is 4.90 Å². The van der Waals surface area contributed by atoms with Gasteiger partial charge in [-0.25, -0.2) is 4.79 Å². The van der Waals surface area contributed by atoms with Gasteiger partial charge in [0.15, 0.2) is 0 Å². The van der Waals surface area contributed by atoms with E-state index in [1.807, 2.05) is 71.6 Å². The highest BCUT2D eigenvalue weighted by molar-refractivity contribution is 6.01. The maximum atomic E-state index is 13.2. The highest BCUT2D eigenvalue weighted by Crippen LogP contribution is 2.23. The Morgan fingerprint density at radius 2 is 1.31 bits per heavy atom. The third-order valence-electron chi connectivity index (χ3n) is 5.05. The van der Waals surface area contributed by atoms with Crippen molar-refractivity contribution in [3.05, 3.63) is 114 Å². The largest absolute Gasteiger partial charge is 0.322 e. The average Bonchev–Trinajstić information content (AvgIpc) is 2.78. The molecule has 1 N–H and O–H groups in total. The van der Waals surface area contributed by atoms with E-state index in [0.29, 0.717) is 13.1 Å². The summed E-state index contributed by atoms with van der Waals surface area (Å²) in [5.41, 5.74) is 3.18. The lowest BCUT2D eigenvalue weighted by atomic mass is 10.1. The smallest absolute Gasteiger partial charge is 0.320 e. The number of hydrogen-bond donors (Lipinski definition) is 1. The van der Waals surface area contributed by atoms with Crippen LogP contribution in [0.15, 0.2) is 103 Å². The van der Waals surface area contributed by atoms with Gasteiger partial charge < -0.3 is 10.2 Å². The fourth-order valence-electron chi connectivity index (χ4n) is 3.49. The summed E-state index contributed by atoms with van der Waals surface area (Å²) in [5.74, 6) is 0.